The van der Waals surface area contributed by atoms with E-state index in [1.54, 1.807) is 26.4 Å². The van der Waals surface area contributed by atoms with Crippen LogP contribution in [0.4, 0.5) is 5.82 Å². The number of piperazine rings is 1. The summed E-state index contributed by atoms with van der Waals surface area (Å²) in [5, 5.41) is 0. The van der Waals surface area contributed by atoms with Crippen LogP contribution in [0.2, 0.25) is 0 Å². The maximum atomic E-state index is 12.7. The molecular formula is C19H23BrN4O3. The molecule has 1 unspecified atom stereocenters. The lowest BCUT2D eigenvalue weighted by atomic mass is 10.2. The van der Waals surface area contributed by atoms with Crippen molar-refractivity contribution < 1.29 is 14.3 Å². The second-order valence-electron chi connectivity index (χ2n) is 6.43. The van der Waals surface area contributed by atoms with E-state index in [2.05, 4.69) is 30.8 Å². The van der Waals surface area contributed by atoms with Crippen LogP contribution in [0, 0.1) is 6.92 Å². The van der Waals surface area contributed by atoms with Crippen LogP contribution in [-0.4, -0.2) is 60.2 Å². The summed E-state index contributed by atoms with van der Waals surface area (Å²) < 4.78 is 11.8. The smallest absolute Gasteiger partial charge is 0.263 e. The van der Waals surface area contributed by atoms with Gasteiger partial charge in [-0.15, -0.1) is 0 Å². The highest BCUT2D eigenvalue weighted by atomic mass is 79.9. The van der Waals surface area contributed by atoms with Crippen LogP contribution < -0.4 is 14.4 Å². The number of ether oxygens (including phenoxy) is 2. The van der Waals surface area contributed by atoms with Gasteiger partial charge in [0.25, 0.3) is 5.91 Å². The van der Waals surface area contributed by atoms with Crippen molar-refractivity contribution in [2.75, 3.05) is 38.2 Å². The van der Waals surface area contributed by atoms with E-state index in [9.17, 15) is 4.79 Å². The number of carbonyl (C=O) groups excluding carboxylic acids is 1. The Balaban J connectivity index is 1.57. The lowest BCUT2D eigenvalue weighted by Crippen LogP contribution is -2.52. The standard InChI is InChI=1S/C19H23BrN4O3/c1-13-4-5-16(15(20)10-13)27-14(2)19(25)24-8-6-23(7-9-24)17-11-21-12-18(22-17)26-3/h4-5,10-12,14H,6-9H2,1-3H3. The molecule has 2 heterocycles. The van der Waals surface area contributed by atoms with Crippen molar-refractivity contribution in [3.8, 4) is 11.6 Å². The van der Waals surface area contributed by atoms with Crippen LogP contribution in [0.15, 0.2) is 35.1 Å². The normalized spacial score (nSPS) is 15.4. The van der Waals surface area contributed by atoms with Crippen molar-refractivity contribution in [1.29, 1.82) is 0 Å². The molecule has 0 spiro atoms. The first kappa shape index (κ1) is 19.4. The molecule has 1 aromatic carbocycles. The summed E-state index contributed by atoms with van der Waals surface area (Å²) in [7, 11) is 1.57. The topological polar surface area (TPSA) is 67.8 Å². The lowest BCUT2D eigenvalue weighted by Gasteiger charge is -2.36. The van der Waals surface area contributed by atoms with E-state index >= 15 is 0 Å². The summed E-state index contributed by atoms with van der Waals surface area (Å²) in [6, 6.07) is 5.81. The van der Waals surface area contributed by atoms with Gasteiger partial charge in [-0.1, -0.05) is 6.07 Å². The first-order chi connectivity index (χ1) is 13.0. The molecule has 0 radical (unpaired) electrons. The number of anilines is 1. The summed E-state index contributed by atoms with van der Waals surface area (Å²) in [5.74, 6) is 1.90. The Kier molecular flexibility index (Phi) is 6.15. The molecule has 0 aliphatic carbocycles. The molecule has 1 aliphatic rings. The van der Waals surface area contributed by atoms with Crippen molar-refractivity contribution in [2.45, 2.75) is 20.0 Å². The molecule has 1 aliphatic heterocycles. The maximum absolute atomic E-state index is 12.7. The molecule has 2 aromatic rings. The van der Waals surface area contributed by atoms with Crippen LogP contribution >= 0.6 is 15.9 Å². The molecule has 144 valence electrons. The van der Waals surface area contributed by atoms with Crippen molar-refractivity contribution in [2.24, 2.45) is 0 Å². The van der Waals surface area contributed by atoms with Gasteiger partial charge in [0.05, 0.1) is 24.0 Å². The molecule has 7 nitrogen and oxygen atoms in total. The summed E-state index contributed by atoms with van der Waals surface area (Å²) in [6.07, 6.45) is 2.73. The van der Waals surface area contributed by atoms with Crippen LogP contribution in [0.5, 0.6) is 11.6 Å². The summed E-state index contributed by atoms with van der Waals surface area (Å²) in [6.45, 7) is 6.40. The fourth-order valence-corrected chi connectivity index (χ4v) is 3.53. The molecule has 1 saturated heterocycles. The Morgan fingerprint density at radius 3 is 2.63 bits per heavy atom. The number of carbonyl (C=O) groups is 1. The highest BCUT2D eigenvalue weighted by molar-refractivity contribution is 9.10. The van der Waals surface area contributed by atoms with Gasteiger partial charge in [-0.05, 0) is 47.5 Å². The minimum Gasteiger partial charge on any atom is -0.480 e. The lowest BCUT2D eigenvalue weighted by molar-refractivity contribution is -0.138. The molecule has 8 heteroatoms. The minimum absolute atomic E-state index is 0.0150. The third kappa shape index (κ3) is 4.68. The van der Waals surface area contributed by atoms with Crippen LogP contribution in [0.25, 0.3) is 0 Å². The quantitative estimate of drug-likeness (QED) is 0.720. The van der Waals surface area contributed by atoms with Gasteiger partial charge in [0.1, 0.15) is 5.75 Å². The van der Waals surface area contributed by atoms with Gasteiger partial charge in [-0.25, -0.2) is 0 Å². The Morgan fingerprint density at radius 1 is 1.22 bits per heavy atom. The van der Waals surface area contributed by atoms with Crippen molar-refractivity contribution in [3.05, 3.63) is 40.6 Å². The zero-order valence-corrected chi connectivity index (χ0v) is 17.3. The highest BCUT2D eigenvalue weighted by Crippen LogP contribution is 2.27. The second kappa shape index (κ2) is 8.56. The van der Waals surface area contributed by atoms with E-state index in [-0.39, 0.29) is 5.91 Å². The number of aryl methyl sites for hydroxylation is 1. The van der Waals surface area contributed by atoms with E-state index in [0.29, 0.717) is 37.8 Å². The molecule has 1 aromatic heterocycles. The number of benzene rings is 1. The van der Waals surface area contributed by atoms with Crippen molar-refractivity contribution in [1.82, 2.24) is 14.9 Å². The average molecular weight is 435 g/mol. The molecule has 1 fully saturated rings. The predicted octanol–water partition coefficient (Wildman–Crippen LogP) is 2.67. The molecule has 3 rings (SSSR count). The fraction of sp³-hybridized carbons (Fsp3) is 0.421. The Labute approximate surface area is 167 Å². The number of aromatic nitrogens is 2. The third-order valence-electron chi connectivity index (χ3n) is 4.46. The summed E-state index contributed by atoms with van der Waals surface area (Å²) in [4.78, 5) is 25.2. The fourth-order valence-electron chi connectivity index (χ4n) is 2.94. The number of nitrogens with zero attached hydrogens (tertiary/aromatic N) is 4. The predicted molar refractivity (Wildman–Crippen MR) is 106 cm³/mol. The number of hydrogen-bond acceptors (Lipinski definition) is 6. The molecule has 0 saturated carbocycles. The first-order valence-electron chi connectivity index (χ1n) is 8.80. The molecule has 1 amide bonds. The van der Waals surface area contributed by atoms with E-state index in [1.165, 1.54) is 0 Å². The molecule has 0 N–H and O–H groups in total. The van der Waals surface area contributed by atoms with Gasteiger partial charge in [0.15, 0.2) is 11.9 Å². The molecule has 0 bridgehead atoms. The van der Waals surface area contributed by atoms with E-state index in [4.69, 9.17) is 9.47 Å². The second-order valence-corrected chi connectivity index (χ2v) is 7.28. The van der Waals surface area contributed by atoms with E-state index in [0.717, 1.165) is 15.9 Å². The van der Waals surface area contributed by atoms with Gasteiger partial charge in [-0.2, -0.15) is 4.98 Å². The largest absolute Gasteiger partial charge is 0.480 e. The van der Waals surface area contributed by atoms with Crippen LogP contribution in [0.1, 0.15) is 12.5 Å². The molecule has 27 heavy (non-hydrogen) atoms. The third-order valence-corrected chi connectivity index (χ3v) is 5.08. The first-order valence-corrected chi connectivity index (χ1v) is 9.60. The van der Waals surface area contributed by atoms with Gasteiger partial charge in [0.2, 0.25) is 5.88 Å². The number of methoxy groups -OCH3 is 1. The SMILES string of the molecule is COc1cncc(N2CCN(C(=O)C(C)Oc3ccc(C)cc3Br)CC2)n1. The average Bonchev–Trinajstić information content (AvgIpc) is 2.69. The van der Waals surface area contributed by atoms with Gasteiger partial charge >= 0.3 is 0 Å². The number of amides is 1. The van der Waals surface area contributed by atoms with Gasteiger partial charge in [0, 0.05) is 26.2 Å². The summed E-state index contributed by atoms with van der Waals surface area (Å²) >= 11 is 3.49. The van der Waals surface area contributed by atoms with Crippen molar-refractivity contribution in [3.63, 3.8) is 0 Å². The van der Waals surface area contributed by atoms with Crippen LogP contribution in [0.3, 0.4) is 0 Å². The Bertz CT molecular complexity index is 809. The van der Waals surface area contributed by atoms with E-state index < -0.39 is 6.10 Å². The van der Waals surface area contributed by atoms with Crippen LogP contribution in [-0.2, 0) is 4.79 Å². The number of rotatable bonds is 5. The zero-order chi connectivity index (χ0) is 19.4. The maximum Gasteiger partial charge on any atom is 0.263 e. The number of hydrogen-bond donors (Lipinski definition) is 0. The molecule has 1 atom stereocenters. The minimum atomic E-state index is -0.549. The Hall–Kier alpha value is -2.35. The molecular weight excluding hydrogens is 412 g/mol. The van der Waals surface area contributed by atoms with Gasteiger partial charge in [-0.3, -0.25) is 9.78 Å². The summed E-state index contributed by atoms with van der Waals surface area (Å²) in [5.41, 5.74) is 1.13. The van der Waals surface area contributed by atoms with E-state index in [1.807, 2.05) is 30.0 Å². The highest BCUT2D eigenvalue weighted by Gasteiger charge is 2.27. The van der Waals surface area contributed by atoms with Gasteiger partial charge < -0.3 is 19.3 Å². The Morgan fingerprint density at radius 2 is 1.96 bits per heavy atom. The monoisotopic (exact) mass is 434 g/mol. The van der Waals surface area contributed by atoms with Crippen molar-refractivity contribution >= 4 is 27.7 Å². The zero-order valence-electron chi connectivity index (χ0n) is 15.7. The number of halogens is 1.